The standard InChI is InChI=1S/C8H13BrO3/c1-7-4-10-8(2-3-9,11-5-7)12-6-7/h2-6H2,1H3. The van der Waals surface area contributed by atoms with Crippen molar-refractivity contribution in [3.05, 3.63) is 0 Å². The molecule has 3 rings (SSSR count). The van der Waals surface area contributed by atoms with E-state index in [-0.39, 0.29) is 5.41 Å². The molecular formula is C8H13BrO3. The van der Waals surface area contributed by atoms with Gasteiger partial charge in [0.1, 0.15) is 0 Å². The summed E-state index contributed by atoms with van der Waals surface area (Å²) in [6.45, 7) is 4.37. The van der Waals surface area contributed by atoms with Gasteiger partial charge < -0.3 is 14.2 Å². The molecule has 3 aliphatic heterocycles. The summed E-state index contributed by atoms with van der Waals surface area (Å²) >= 11 is 3.35. The second-order valence-corrected chi connectivity index (χ2v) is 4.59. The Morgan fingerprint density at radius 3 is 2.08 bits per heavy atom. The van der Waals surface area contributed by atoms with Crippen LogP contribution in [0, 0.1) is 5.41 Å². The van der Waals surface area contributed by atoms with Crippen molar-refractivity contribution < 1.29 is 14.2 Å². The van der Waals surface area contributed by atoms with Gasteiger partial charge in [-0.15, -0.1) is 0 Å². The number of hydrogen-bond donors (Lipinski definition) is 0. The van der Waals surface area contributed by atoms with Crippen LogP contribution < -0.4 is 0 Å². The summed E-state index contributed by atoms with van der Waals surface area (Å²) in [7, 11) is 0. The second-order valence-electron chi connectivity index (χ2n) is 3.80. The van der Waals surface area contributed by atoms with Crippen LogP contribution in [0.15, 0.2) is 0 Å². The van der Waals surface area contributed by atoms with Gasteiger partial charge in [0, 0.05) is 17.2 Å². The normalized spacial score (nSPS) is 46.5. The van der Waals surface area contributed by atoms with Crippen molar-refractivity contribution in [2.75, 3.05) is 25.2 Å². The van der Waals surface area contributed by atoms with E-state index in [1.807, 2.05) is 0 Å². The van der Waals surface area contributed by atoms with Gasteiger partial charge in [-0.1, -0.05) is 22.9 Å². The number of fused-ring (bicyclic) bond motifs is 3. The molecule has 0 aromatic heterocycles. The molecule has 0 radical (unpaired) electrons. The zero-order valence-corrected chi connectivity index (χ0v) is 8.72. The predicted molar refractivity (Wildman–Crippen MR) is 47.1 cm³/mol. The summed E-state index contributed by atoms with van der Waals surface area (Å²) in [5.74, 6) is -0.735. The largest absolute Gasteiger partial charge is 0.327 e. The van der Waals surface area contributed by atoms with E-state index in [4.69, 9.17) is 14.2 Å². The van der Waals surface area contributed by atoms with Gasteiger partial charge in [0.25, 0.3) is 5.97 Å². The molecule has 4 heteroatoms. The molecule has 3 aliphatic rings. The Labute approximate surface area is 80.5 Å². The summed E-state index contributed by atoms with van der Waals surface area (Å²) in [6, 6.07) is 0. The fourth-order valence-corrected chi connectivity index (χ4v) is 1.92. The summed E-state index contributed by atoms with van der Waals surface area (Å²) in [5.41, 5.74) is 0.0774. The average Bonchev–Trinajstić information content (AvgIpc) is 2.08. The molecule has 12 heavy (non-hydrogen) atoms. The van der Waals surface area contributed by atoms with Gasteiger partial charge in [-0.25, -0.2) is 0 Å². The number of hydrogen-bond acceptors (Lipinski definition) is 3. The number of rotatable bonds is 2. The Hall–Kier alpha value is 0.360. The molecule has 0 aliphatic carbocycles. The lowest BCUT2D eigenvalue weighted by Gasteiger charge is -2.50. The van der Waals surface area contributed by atoms with Crippen LogP contribution in [0.4, 0.5) is 0 Å². The van der Waals surface area contributed by atoms with Crippen molar-refractivity contribution in [2.45, 2.75) is 19.3 Å². The molecule has 0 amide bonds. The van der Waals surface area contributed by atoms with Crippen molar-refractivity contribution >= 4 is 15.9 Å². The molecule has 0 N–H and O–H groups in total. The fourth-order valence-electron chi connectivity index (χ4n) is 1.43. The first-order valence-corrected chi connectivity index (χ1v) is 5.28. The lowest BCUT2D eigenvalue weighted by molar-refractivity contribution is -0.465. The highest BCUT2D eigenvalue weighted by Gasteiger charge is 2.49. The molecule has 2 bridgehead atoms. The summed E-state index contributed by atoms with van der Waals surface area (Å²) in [6.07, 6.45) is 0.753. The van der Waals surface area contributed by atoms with Crippen LogP contribution in [0.25, 0.3) is 0 Å². The van der Waals surface area contributed by atoms with Crippen LogP contribution in [-0.2, 0) is 14.2 Å². The minimum Gasteiger partial charge on any atom is -0.327 e. The van der Waals surface area contributed by atoms with Gasteiger partial charge in [0.15, 0.2) is 0 Å². The highest BCUT2D eigenvalue weighted by atomic mass is 79.9. The molecule has 0 spiro atoms. The quantitative estimate of drug-likeness (QED) is 0.681. The van der Waals surface area contributed by atoms with Crippen LogP contribution >= 0.6 is 15.9 Å². The number of alkyl halides is 1. The van der Waals surface area contributed by atoms with Gasteiger partial charge in [-0.05, 0) is 0 Å². The minimum absolute atomic E-state index is 0.0774. The summed E-state index contributed by atoms with van der Waals surface area (Å²) in [5, 5.41) is 0.837. The van der Waals surface area contributed by atoms with Crippen molar-refractivity contribution in [2.24, 2.45) is 5.41 Å². The van der Waals surface area contributed by atoms with Gasteiger partial charge in [0.05, 0.1) is 19.8 Å². The third-order valence-electron chi connectivity index (χ3n) is 2.32. The molecule has 3 saturated heterocycles. The van der Waals surface area contributed by atoms with Crippen LogP contribution in [0.2, 0.25) is 0 Å². The first-order valence-electron chi connectivity index (χ1n) is 4.16. The highest BCUT2D eigenvalue weighted by molar-refractivity contribution is 9.09. The molecule has 0 saturated carbocycles. The lowest BCUT2D eigenvalue weighted by atomic mass is 9.92. The molecule has 3 nitrogen and oxygen atoms in total. The van der Waals surface area contributed by atoms with Crippen LogP contribution in [0.3, 0.4) is 0 Å². The Bertz CT molecular complexity index is 159. The predicted octanol–water partition coefficient (Wildman–Crippen LogP) is 1.51. The lowest BCUT2D eigenvalue weighted by Crippen LogP contribution is -2.58. The van der Waals surface area contributed by atoms with Gasteiger partial charge in [-0.3, -0.25) is 0 Å². The monoisotopic (exact) mass is 236 g/mol. The minimum atomic E-state index is -0.735. The topological polar surface area (TPSA) is 27.7 Å². The van der Waals surface area contributed by atoms with Crippen LogP contribution in [0.1, 0.15) is 13.3 Å². The molecule has 3 heterocycles. The summed E-state index contributed by atoms with van der Waals surface area (Å²) < 4.78 is 16.6. The fraction of sp³-hybridized carbons (Fsp3) is 1.00. The Balaban J connectivity index is 2.04. The average molecular weight is 237 g/mol. The summed E-state index contributed by atoms with van der Waals surface area (Å²) in [4.78, 5) is 0. The maximum Gasteiger partial charge on any atom is 0.283 e. The second kappa shape index (κ2) is 2.94. The first kappa shape index (κ1) is 8.94. The molecular weight excluding hydrogens is 224 g/mol. The zero-order valence-electron chi connectivity index (χ0n) is 7.14. The van der Waals surface area contributed by atoms with Gasteiger partial charge in [0.2, 0.25) is 0 Å². The van der Waals surface area contributed by atoms with Crippen molar-refractivity contribution in [1.82, 2.24) is 0 Å². The van der Waals surface area contributed by atoms with E-state index < -0.39 is 5.97 Å². The van der Waals surface area contributed by atoms with Crippen molar-refractivity contribution in [3.8, 4) is 0 Å². The maximum atomic E-state index is 5.53. The van der Waals surface area contributed by atoms with E-state index in [1.165, 1.54) is 0 Å². The first-order chi connectivity index (χ1) is 5.68. The SMILES string of the molecule is CC12COC(CCBr)(OC1)OC2. The van der Waals surface area contributed by atoms with Gasteiger partial charge >= 0.3 is 0 Å². The number of halogens is 1. The van der Waals surface area contributed by atoms with Crippen LogP contribution in [-0.4, -0.2) is 31.1 Å². The van der Waals surface area contributed by atoms with E-state index in [2.05, 4.69) is 22.9 Å². The molecule has 0 unspecified atom stereocenters. The van der Waals surface area contributed by atoms with E-state index in [0.717, 1.165) is 31.6 Å². The van der Waals surface area contributed by atoms with E-state index >= 15 is 0 Å². The molecule has 3 fully saturated rings. The Morgan fingerprint density at radius 2 is 1.67 bits per heavy atom. The Kier molecular flexibility index (Phi) is 2.19. The van der Waals surface area contributed by atoms with Crippen molar-refractivity contribution in [3.63, 3.8) is 0 Å². The van der Waals surface area contributed by atoms with Crippen molar-refractivity contribution in [1.29, 1.82) is 0 Å². The van der Waals surface area contributed by atoms with Gasteiger partial charge in [-0.2, -0.15) is 0 Å². The molecule has 70 valence electrons. The third kappa shape index (κ3) is 1.41. The zero-order chi connectivity index (χ0) is 8.66. The van der Waals surface area contributed by atoms with Crippen LogP contribution in [0.5, 0.6) is 0 Å². The van der Waals surface area contributed by atoms with E-state index in [1.54, 1.807) is 0 Å². The molecule has 0 atom stereocenters. The molecule has 0 aromatic carbocycles. The smallest absolute Gasteiger partial charge is 0.283 e. The maximum absolute atomic E-state index is 5.53. The van der Waals surface area contributed by atoms with E-state index in [0.29, 0.717) is 0 Å². The molecule has 0 aromatic rings. The third-order valence-corrected chi connectivity index (χ3v) is 2.72. The highest BCUT2D eigenvalue weighted by Crippen LogP contribution is 2.39. The van der Waals surface area contributed by atoms with E-state index in [9.17, 15) is 0 Å². The Morgan fingerprint density at radius 1 is 1.17 bits per heavy atom. The number of ether oxygens (including phenoxy) is 3.